The molecule has 2 fully saturated rings. The van der Waals surface area contributed by atoms with Gasteiger partial charge in [-0.05, 0) is 42.9 Å². The van der Waals surface area contributed by atoms with Crippen LogP contribution in [0.3, 0.4) is 0 Å². The van der Waals surface area contributed by atoms with Crippen LogP contribution in [0.15, 0.2) is 24.3 Å². The lowest BCUT2D eigenvalue weighted by molar-refractivity contribution is -0.123. The summed E-state index contributed by atoms with van der Waals surface area (Å²) in [5.41, 5.74) is 6.37. The first-order valence-electron chi connectivity index (χ1n) is 9.22. The summed E-state index contributed by atoms with van der Waals surface area (Å²) in [6, 6.07) is 7.32. The van der Waals surface area contributed by atoms with E-state index in [1.54, 1.807) is 24.3 Å². The third kappa shape index (κ3) is 4.60. The number of nitrogens with one attached hydrogen (secondary N) is 3. The van der Waals surface area contributed by atoms with Gasteiger partial charge in [0.2, 0.25) is 11.8 Å². The number of nitrogens with two attached hydrogens (primary N) is 1. The highest BCUT2D eigenvalue weighted by Crippen LogP contribution is 2.33. The molecule has 3 rings (SSSR count). The molecule has 7 heteroatoms. The molecule has 0 bridgehead atoms. The summed E-state index contributed by atoms with van der Waals surface area (Å²) in [7, 11) is 0. The number of benzene rings is 1. The van der Waals surface area contributed by atoms with Crippen LogP contribution in [-0.2, 0) is 16.1 Å². The van der Waals surface area contributed by atoms with Crippen molar-refractivity contribution in [3.63, 3.8) is 0 Å². The van der Waals surface area contributed by atoms with Crippen LogP contribution in [0.1, 0.15) is 48.0 Å². The SMILES string of the molecule is NC(=O)CNC(=O)c1ccc(CNC(=O)C2CC3CCCCC3N2)cc1. The normalized spacial score (nSPS) is 24.5. The molecule has 5 N–H and O–H groups in total. The molecular weight excluding hydrogens is 332 g/mol. The van der Waals surface area contributed by atoms with Crippen molar-refractivity contribution in [2.45, 2.75) is 50.7 Å². The second-order valence-electron chi connectivity index (χ2n) is 7.17. The number of hydrogen-bond donors (Lipinski definition) is 4. The van der Waals surface area contributed by atoms with E-state index in [4.69, 9.17) is 5.73 Å². The van der Waals surface area contributed by atoms with E-state index in [0.29, 0.717) is 24.1 Å². The predicted octanol–water partition coefficient (Wildman–Crippen LogP) is 0.439. The number of hydrogen-bond acceptors (Lipinski definition) is 4. The van der Waals surface area contributed by atoms with Gasteiger partial charge in [0, 0.05) is 18.2 Å². The Morgan fingerprint density at radius 2 is 1.81 bits per heavy atom. The Morgan fingerprint density at radius 3 is 2.50 bits per heavy atom. The summed E-state index contributed by atoms with van der Waals surface area (Å²) in [5, 5.41) is 8.89. The molecule has 7 nitrogen and oxygen atoms in total. The Kier molecular flexibility index (Phi) is 5.88. The van der Waals surface area contributed by atoms with Crippen LogP contribution in [0.25, 0.3) is 0 Å². The summed E-state index contributed by atoms with van der Waals surface area (Å²) in [5.74, 6) is -0.254. The highest BCUT2D eigenvalue weighted by Gasteiger charge is 2.37. The molecule has 1 aromatic rings. The van der Waals surface area contributed by atoms with Gasteiger partial charge in [-0.25, -0.2) is 0 Å². The van der Waals surface area contributed by atoms with Crippen molar-refractivity contribution in [2.24, 2.45) is 11.7 Å². The van der Waals surface area contributed by atoms with Gasteiger partial charge in [-0.15, -0.1) is 0 Å². The van der Waals surface area contributed by atoms with Crippen LogP contribution in [0, 0.1) is 5.92 Å². The zero-order valence-electron chi connectivity index (χ0n) is 14.8. The first-order valence-corrected chi connectivity index (χ1v) is 9.22. The van der Waals surface area contributed by atoms with Crippen molar-refractivity contribution >= 4 is 17.7 Å². The Hall–Kier alpha value is -2.41. The minimum Gasteiger partial charge on any atom is -0.368 e. The summed E-state index contributed by atoms with van der Waals surface area (Å²) < 4.78 is 0. The van der Waals surface area contributed by atoms with E-state index in [1.165, 1.54) is 25.7 Å². The van der Waals surface area contributed by atoms with Crippen LogP contribution in [-0.4, -0.2) is 36.3 Å². The summed E-state index contributed by atoms with van der Waals surface area (Å²) in [4.78, 5) is 34.9. The van der Waals surface area contributed by atoms with Gasteiger partial charge < -0.3 is 21.7 Å². The summed E-state index contributed by atoms with van der Waals surface area (Å²) in [6.45, 7) is 0.239. The molecule has 3 amide bonds. The lowest BCUT2D eigenvalue weighted by atomic mass is 9.85. The number of amides is 3. The third-order valence-corrected chi connectivity index (χ3v) is 5.29. The molecular formula is C19H26N4O3. The topological polar surface area (TPSA) is 113 Å². The van der Waals surface area contributed by atoms with E-state index in [1.807, 2.05) is 0 Å². The van der Waals surface area contributed by atoms with Crippen LogP contribution >= 0.6 is 0 Å². The molecule has 1 aromatic carbocycles. The number of carbonyl (C=O) groups excluding carboxylic acids is 3. The van der Waals surface area contributed by atoms with Gasteiger partial charge in [0.05, 0.1) is 12.6 Å². The summed E-state index contributed by atoms with van der Waals surface area (Å²) in [6.07, 6.45) is 5.85. The first kappa shape index (κ1) is 18.4. The molecule has 3 unspecified atom stereocenters. The standard InChI is InChI=1S/C19H26N4O3/c20-17(24)11-22-18(25)13-7-5-12(6-8-13)10-21-19(26)16-9-14-3-1-2-4-15(14)23-16/h5-8,14-16,23H,1-4,9-11H2,(H2,20,24)(H,21,26)(H,22,25). The molecule has 0 aromatic heterocycles. The molecule has 3 atom stereocenters. The highest BCUT2D eigenvalue weighted by molar-refractivity contribution is 5.96. The van der Waals surface area contributed by atoms with Gasteiger partial charge in [-0.1, -0.05) is 25.0 Å². The number of carbonyl (C=O) groups is 3. The van der Waals surface area contributed by atoms with Gasteiger partial charge in [-0.3, -0.25) is 14.4 Å². The lowest BCUT2D eigenvalue weighted by Gasteiger charge is -2.24. The van der Waals surface area contributed by atoms with E-state index in [-0.39, 0.29) is 24.4 Å². The Bertz CT molecular complexity index is 660. The van der Waals surface area contributed by atoms with E-state index < -0.39 is 5.91 Å². The van der Waals surface area contributed by atoms with Crippen molar-refractivity contribution in [3.8, 4) is 0 Å². The second kappa shape index (κ2) is 8.31. The molecule has 1 aliphatic heterocycles. The zero-order chi connectivity index (χ0) is 18.5. The maximum absolute atomic E-state index is 12.4. The molecule has 1 saturated heterocycles. The van der Waals surface area contributed by atoms with Crippen molar-refractivity contribution in [1.29, 1.82) is 0 Å². The van der Waals surface area contributed by atoms with Crippen LogP contribution < -0.4 is 21.7 Å². The van der Waals surface area contributed by atoms with Crippen molar-refractivity contribution < 1.29 is 14.4 Å². The van der Waals surface area contributed by atoms with E-state index in [2.05, 4.69) is 16.0 Å². The molecule has 140 valence electrons. The fourth-order valence-corrected chi connectivity index (χ4v) is 3.88. The van der Waals surface area contributed by atoms with Gasteiger partial charge in [0.15, 0.2) is 0 Å². The average Bonchev–Trinajstić information content (AvgIpc) is 3.09. The van der Waals surface area contributed by atoms with Gasteiger partial charge in [0.1, 0.15) is 0 Å². The predicted molar refractivity (Wildman–Crippen MR) is 97.1 cm³/mol. The number of fused-ring (bicyclic) bond motifs is 1. The Balaban J connectivity index is 1.46. The largest absolute Gasteiger partial charge is 0.368 e. The minimum atomic E-state index is -0.585. The average molecular weight is 358 g/mol. The molecule has 26 heavy (non-hydrogen) atoms. The fourth-order valence-electron chi connectivity index (χ4n) is 3.88. The molecule has 1 saturated carbocycles. The monoisotopic (exact) mass is 358 g/mol. The molecule has 2 aliphatic rings. The van der Waals surface area contributed by atoms with Crippen LogP contribution in [0.2, 0.25) is 0 Å². The molecule has 0 radical (unpaired) electrons. The minimum absolute atomic E-state index is 0.0441. The van der Waals surface area contributed by atoms with Gasteiger partial charge in [0.25, 0.3) is 5.91 Å². The second-order valence-corrected chi connectivity index (χ2v) is 7.17. The third-order valence-electron chi connectivity index (χ3n) is 5.29. The zero-order valence-corrected chi connectivity index (χ0v) is 14.8. The number of primary amides is 1. The Morgan fingerprint density at radius 1 is 1.08 bits per heavy atom. The van der Waals surface area contributed by atoms with Gasteiger partial charge >= 0.3 is 0 Å². The molecule has 1 heterocycles. The summed E-state index contributed by atoms with van der Waals surface area (Å²) >= 11 is 0. The van der Waals surface area contributed by atoms with Crippen molar-refractivity contribution in [3.05, 3.63) is 35.4 Å². The highest BCUT2D eigenvalue weighted by atomic mass is 16.2. The fraction of sp³-hybridized carbons (Fsp3) is 0.526. The van der Waals surface area contributed by atoms with Crippen LogP contribution in [0.5, 0.6) is 0 Å². The maximum atomic E-state index is 12.4. The van der Waals surface area contributed by atoms with E-state index in [9.17, 15) is 14.4 Å². The maximum Gasteiger partial charge on any atom is 0.251 e. The molecule has 0 spiro atoms. The smallest absolute Gasteiger partial charge is 0.251 e. The van der Waals surface area contributed by atoms with Gasteiger partial charge in [-0.2, -0.15) is 0 Å². The Labute approximate surface area is 153 Å². The quantitative estimate of drug-likeness (QED) is 0.591. The molecule has 1 aliphatic carbocycles. The van der Waals surface area contributed by atoms with Crippen LogP contribution in [0.4, 0.5) is 0 Å². The van der Waals surface area contributed by atoms with Crippen molar-refractivity contribution in [1.82, 2.24) is 16.0 Å². The van der Waals surface area contributed by atoms with Crippen molar-refractivity contribution in [2.75, 3.05) is 6.54 Å². The number of rotatable bonds is 6. The van der Waals surface area contributed by atoms with E-state index >= 15 is 0 Å². The first-order chi connectivity index (χ1) is 12.5. The van der Waals surface area contributed by atoms with E-state index in [0.717, 1.165) is 12.0 Å². The lowest BCUT2D eigenvalue weighted by Crippen LogP contribution is -2.42.